The lowest BCUT2D eigenvalue weighted by molar-refractivity contribution is -0.145. The summed E-state index contributed by atoms with van der Waals surface area (Å²) in [7, 11) is 6.29. The summed E-state index contributed by atoms with van der Waals surface area (Å²) >= 11 is 1.44. The Kier molecular flexibility index (Phi) is 8.15. The highest BCUT2D eigenvalue weighted by molar-refractivity contribution is 7.13. The Labute approximate surface area is 191 Å². The van der Waals surface area contributed by atoms with Gasteiger partial charge in [-0.05, 0) is 48.4 Å². The van der Waals surface area contributed by atoms with Crippen LogP contribution in [0.25, 0.3) is 0 Å². The number of aromatic nitrogens is 1. The third kappa shape index (κ3) is 6.04. The molecule has 0 aliphatic rings. The molecule has 0 amide bonds. The van der Waals surface area contributed by atoms with Crippen LogP contribution in [0.1, 0.15) is 17.7 Å². The minimum absolute atomic E-state index is 0.120. The molecule has 1 heterocycles. The lowest BCUT2D eigenvalue weighted by Gasteiger charge is -2.14. The number of hydrogen-bond donors (Lipinski definition) is 1. The molecule has 0 aliphatic carbocycles. The average Bonchev–Trinajstić information content (AvgIpc) is 3.28. The van der Waals surface area contributed by atoms with Crippen molar-refractivity contribution >= 4 is 28.1 Å². The van der Waals surface area contributed by atoms with Gasteiger partial charge in [-0.25, -0.2) is 4.98 Å². The summed E-state index contributed by atoms with van der Waals surface area (Å²) in [4.78, 5) is 16.7. The van der Waals surface area contributed by atoms with Gasteiger partial charge in [0.25, 0.3) is 0 Å². The number of benzene rings is 2. The van der Waals surface area contributed by atoms with Crippen LogP contribution >= 0.6 is 11.3 Å². The first-order valence-electron chi connectivity index (χ1n) is 9.86. The summed E-state index contributed by atoms with van der Waals surface area (Å²) in [6.45, 7) is 0.120. The fourth-order valence-electron chi connectivity index (χ4n) is 2.98. The van der Waals surface area contributed by atoms with Gasteiger partial charge < -0.3 is 29.0 Å². The zero-order chi connectivity index (χ0) is 22.9. The fraction of sp³-hybridized carbons (Fsp3) is 0.304. The maximum Gasteiger partial charge on any atom is 0.306 e. The van der Waals surface area contributed by atoms with Gasteiger partial charge >= 0.3 is 5.97 Å². The van der Waals surface area contributed by atoms with Crippen molar-refractivity contribution in [2.45, 2.75) is 19.4 Å². The number of nitrogens with one attached hydrogen (secondary N) is 1. The van der Waals surface area contributed by atoms with Crippen LogP contribution in [0.4, 0.5) is 10.8 Å². The van der Waals surface area contributed by atoms with E-state index in [9.17, 15) is 4.79 Å². The number of methoxy groups -OCH3 is 4. The zero-order valence-corrected chi connectivity index (χ0v) is 19.3. The van der Waals surface area contributed by atoms with Gasteiger partial charge in [0.1, 0.15) is 12.4 Å². The smallest absolute Gasteiger partial charge is 0.306 e. The maximum absolute atomic E-state index is 12.2. The minimum Gasteiger partial charge on any atom is -0.497 e. The molecule has 2 aromatic carbocycles. The van der Waals surface area contributed by atoms with Crippen LogP contribution < -0.4 is 24.3 Å². The molecule has 170 valence electrons. The van der Waals surface area contributed by atoms with Crippen LogP contribution in [0, 0.1) is 0 Å². The first-order valence-corrected chi connectivity index (χ1v) is 10.7. The molecule has 0 bridgehead atoms. The second-order valence-corrected chi connectivity index (χ2v) is 7.55. The number of ether oxygens (including phenoxy) is 5. The number of aryl methyl sites for hydroxylation is 1. The molecule has 0 fully saturated rings. The van der Waals surface area contributed by atoms with Gasteiger partial charge in [-0.1, -0.05) is 0 Å². The van der Waals surface area contributed by atoms with Crippen molar-refractivity contribution in [2.24, 2.45) is 0 Å². The Morgan fingerprint density at radius 2 is 1.66 bits per heavy atom. The Hall–Kier alpha value is -3.46. The van der Waals surface area contributed by atoms with E-state index in [1.54, 1.807) is 28.4 Å². The number of carbonyl (C=O) groups excluding carboxylic acids is 1. The van der Waals surface area contributed by atoms with E-state index in [1.165, 1.54) is 11.3 Å². The summed E-state index contributed by atoms with van der Waals surface area (Å²) in [5, 5.41) is 5.80. The standard InChI is InChI=1S/C23H26N2O6S/c1-27-18-8-6-16(7-9-18)24-23-25-17(14-32-23)13-31-21(26)10-5-15-11-19(28-2)22(30-4)20(12-15)29-3/h6-9,11-12,14H,5,10,13H2,1-4H3,(H,24,25). The summed E-state index contributed by atoms with van der Waals surface area (Å²) in [6, 6.07) is 11.2. The molecule has 0 aliphatic heterocycles. The molecule has 1 aromatic heterocycles. The third-order valence-corrected chi connectivity index (χ3v) is 5.42. The lowest BCUT2D eigenvalue weighted by atomic mass is 10.1. The molecule has 0 atom stereocenters. The van der Waals surface area contributed by atoms with E-state index in [0.717, 1.165) is 22.1 Å². The summed E-state index contributed by atoms with van der Waals surface area (Å²) in [5.74, 6) is 2.10. The number of nitrogens with zero attached hydrogens (tertiary/aromatic N) is 1. The van der Waals surface area contributed by atoms with Crippen molar-refractivity contribution in [3.63, 3.8) is 0 Å². The maximum atomic E-state index is 12.2. The molecule has 3 aromatic rings. The number of rotatable bonds is 11. The van der Waals surface area contributed by atoms with Gasteiger partial charge in [0.2, 0.25) is 5.75 Å². The van der Waals surface area contributed by atoms with Crippen LogP contribution in [0.5, 0.6) is 23.0 Å². The van der Waals surface area contributed by atoms with Crippen LogP contribution in [0.15, 0.2) is 41.8 Å². The van der Waals surface area contributed by atoms with Crippen molar-refractivity contribution in [3.8, 4) is 23.0 Å². The molecule has 0 radical (unpaired) electrons. The molecule has 3 rings (SSSR count). The largest absolute Gasteiger partial charge is 0.497 e. The Bertz CT molecular complexity index is 1010. The van der Waals surface area contributed by atoms with E-state index in [0.29, 0.717) is 29.4 Å². The van der Waals surface area contributed by atoms with E-state index >= 15 is 0 Å². The molecule has 8 nitrogen and oxygen atoms in total. The van der Waals surface area contributed by atoms with Crippen molar-refractivity contribution < 1.29 is 28.5 Å². The molecular weight excluding hydrogens is 432 g/mol. The molecule has 0 unspecified atom stereocenters. The van der Waals surface area contributed by atoms with Crippen molar-refractivity contribution in [3.05, 3.63) is 53.0 Å². The van der Waals surface area contributed by atoms with Crippen LogP contribution in [0.3, 0.4) is 0 Å². The summed E-state index contributed by atoms with van der Waals surface area (Å²) in [5.41, 5.74) is 2.47. The molecule has 0 spiro atoms. The van der Waals surface area contributed by atoms with Crippen molar-refractivity contribution in [2.75, 3.05) is 33.8 Å². The summed E-state index contributed by atoms with van der Waals surface area (Å²) in [6.07, 6.45) is 0.705. The van der Waals surface area contributed by atoms with Crippen LogP contribution in [0.2, 0.25) is 0 Å². The molecule has 9 heteroatoms. The Morgan fingerprint density at radius 1 is 0.969 bits per heavy atom. The molecule has 1 N–H and O–H groups in total. The van der Waals surface area contributed by atoms with Gasteiger partial charge in [-0.15, -0.1) is 11.3 Å². The normalized spacial score (nSPS) is 10.4. The first-order chi connectivity index (χ1) is 15.6. The highest BCUT2D eigenvalue weighted by Crippen LogP contribution is 2.38. The van der Waals surface area contributed by atoms with E-state index < -0.39 is 0 Å². The topological polar surface area (TPSA) is 88.1 Å². The predicted octanol–water partition coefficient (Wildman–Crippen LogP) is 4.60. The van der Waals surface area contributed by atoms with Gasteiger partial charge in [0.15, 0.2) is 16.6 Å². The quantitative estimate of drug-likeness (QED) is 0.417. The first kappa shape index (κ1) is 23.2. The Morgan fingerprint density at radius 3 is 2.25 bits per heavy atom. The number of anilines is 2. The van der Waals surface area contributed by atoms with Crippen molar-refractivity contribution in [1.29, 1.82) is 0 Å². The third-order valence-electron chi connectivity index (χ3n) is 4.62. The summed E-state index contributed by atoms with van der Waals surface area (Å²) < 4.78 is 26.5. The Balaban J connectivity index is 1.50. The SMILES string of the molecule is COc1ccc(Nc2nc(COC(=O)CCc3cc(OC)c(OC)c(OC)c3)cs2)cc1. The number of hydrogen-bond acceptors (Lipinski definition) is 9. The average molecular weight is 459 g/mol. The van der Waals surface area contributed by atoms with Crippen molar-refractivity contribution in [1.82, 2.24) is 4.98 Å². The van der Waals surface area contributed by atoms with Gasteiger partial charge in [-0.2, -0.15) is 0 Å². The molecule has 32 heavy (non-hydrogen) atoms. The van der Waals surface area contributed by atoms with E-state index in [1.807, 2.05) is 41.8 Å². The second-order valence-electron chi connectivity index (χ2n) is 6.69. The second kappa shape index (κ2) is 11.2. The van der Waals surface area contributed by atoms with E-state index in [4.69, 9.17) is 23.7 Å². The van der Waals surface area contributed by atoms with E-state index in [-0.39, 0.29) is 19.0 Å². The minimum atomic E-state index is -0.309. The number of carbonyl (C=O) groups is 1. The monoisotopic (exact) mass is 458 g/mol. The van der Waals surface area contributed by atoms with Crippen LogP contribution in [-0.2, 0) is 22.6 Å². The van der Waals surface area contributed by atoms with Gasteiger partial charge in [0, 0.05) is 17.5 Å². The highest BCUT2D eigenvalue weighted by Gasteiger charge is 2.14. The molecule has 0 saturated heterocycles. The number of thiazole rings is 1. The number of esters is 1. The lowest BCUT2D eigenvalue weighted by Crippen LogP contribution is -2.06. The zero-order valence-electron chi connectivity index (χ0n) is 18.5. The highest BCUT2D eigenvalue weighted by atomic mass is 32.1. The van der Waals surface area contributed by atoms with Gasteiger partial charge in [-0.3, -0.25) is 4.79 Å². The van der Waals surface area contributed by atoms with E-state index in [2.05, 4.69) is 10.3 Å². The molecule has 0 saturated carbocycles. The van der Waals surface area contributed by atoms with Crippen LogP contribution in [-0.4, -0.2) is 39.4 Å². The fourth-order valence-corrected chi connectivity index (χ4v) is 3.70. The van der Waals surface area contributed by atoms with Gasteiger partial charge in [0.05, 0.1) is 34.1 Å². The molecular formula is C23H26N2O6S. The predicted molar refractivity (Wildman–Crippen MR) is 123 cm³/mol.